The largest absolute Gasteiger partial charge is 0.435 e. The molecular formula is C16H22F2O2. The zero-order chi connectivity index (χ0) is 15.4. The first-order valence-corrected chi connectivity index (χ1v) is 6.83. The van der Waals surface area contributed by atoms with Crippen LogP contribution in [0.25, 0.3) is 0 Å². The minimum absolute atomic E-state index is 0.0660. The van der Waals surface area contributed by atoms with Gasteiger partial charge in [0.1, 0.15) is 11.5 Å². The second-order valence-corrected chi connectivity index (χ2v) is 5.65. The summed E-state index contributed by atoms with van der Waals surface area (Å²) in [6, 6.07) is 3.25. The Morgan fingerprint density at radius 3 is 1.85 bits per heavy atom. The summed E-state index contributed by atoms with van der Waals surface area (Å²) < 4.78 is 29.4. The molecule has 0 aliphatic rings. The zero-order valence-electron chi connectivity index (χ0n) is 12.7. The van der Waals surface area contributed by atoms with Crippen molar-refractivity contribution in [1.29, 1.82) is 0 Å². The summed E-state index contributed by atoms with van der Waals surface area (Å²) in [7, 11) is 0. The van der Waals surface area contributed by atoms with E-state index in [1.807, 2.05) is 27.7 Å². The van der Waals surface area contributed by atoms with E-state index in [1.54, 1.807) is 12.1 Å². The summed E-state index contributed by atoms with van der Waals surface area (Å²) in [5, 5.41) is 0. The summed E-state index contributed by atoms with van der Waals surface area (Å²) in [6.45, 7) is 6.63. The molecule has 0 radical (unpaired) electrons. The maximum atomic E-state index is 12.4. The van der Waals surface area contributed by atoms with E-state index in [1.165, 1.54) is 6.92 Å². The fourth-order valence-corrected chi connectivity index (χ4v) is 2.34. The van der Waals surface area contributed by atoms with Crippen LogP contribution in [0.1, 0.15) is 63.1 Å². The zero-order valence-corrected chi connectivity index (χ0v) is 12.7. The van der Waals surface area contributed by atoms with Crippen molar-refractivity contribution in [2.24, 2.45) is 0 Å². The molecule has 0 atom stereocenters. The monoisotopic (exact) mass is 284 g/mol. The van der Waals surface area contributed by atoms with E-state index >= 15 is 0 Å². The smallest absolute Gasteiger partial charge is 0.387 e. The van der Waals surface area contributed by atoms with E-state index in [0.29, 0.717) is 6.42 Å². The first-order chi connectivity index (χ1) is 9.22. The van der Waals surface area contributed by atoms with Crippen LogP contribution in [0.5, 0.6) is 5.75 Å². The van der Waals surface area contributed by atoms with Crippen molar-refractivity contribution in [3.63, 3.8) is 0 Å². The summed E-state index contributed by atoms with van der Waals surface area (Å²) in [4.78, 5) is 11.5. The quantitative estimate of drug-likeness (QED) is 0.759. The highest BCUT2D eigenvalue weighted by molar-refractivity contribution is 5.79. The Morgan fingerprint density at radius 1 is 1.10 bits per heavy atom. The lowest BCUT2D eigenvalue weighted by Crippen LogP contribution is -2.10. The van der Waals surface area contributed by atoms with Gasteiger partial charge in [0.25, 0.3) is 0 Å². The van der Waals surface area contributed by atoms with E-state index in [2.05, 4.69) is 4.74 Å². The highest BCUT2D eigenvalue weighted by Gasteiger charge is 2.18. The van der Waals surface area contributed by atoms with Crippen molar-refractivity contribution in [1.82, 2.24) is 0 Å². The number of rotatable bonds is 6. The third-order valence-electron chi connectivity index (χ3n) is 3.19. The molecule has 1 rings (SSSR count). The van der Waals surface area contributed by atoms with Gasteiger partial charge in [0, 0.05) is 6.42 Å². The Hall–Kier alpha value is -1.45. The highest BCUT2D eigenvalue weighted by Crippen LogP contribution is 2.33. The van der Waals surface area contributed by atoms with Crippen LogP contribution in [-0.2, 0) is 11.2 Å². The number of ether oxygens (including phenoxy) is 1. The minimum Gasteiger partial charge on any atom is -0.435 e. The van der Waals surface area contributed by atoms with Gasteiger partial charge in [-0.05, 0) is 47.6 Å². The van der Waals surface area contributed by atoms with Crippen LogP contribution in [0.4, 0.5) is 8.78 Å². The Balaban J connectivity index is 3.41. The van der Waals surface area contributed by atoms with E-state index in [9.17, 15) is 13.6 Å². The summed E-state index contributed by atoms with van der Waals surface area (Å²) in [6.07, 6.45) is 0.329. The van der Waals surface area contributed by atoms with Crippen LogP contribution < -0.4 is 4.74 Å². The SMILES string of the molecule is CC(=O)Cc1c(C(C)C)cc(OC(F)F)cc1C(C)C. The number of hydrogen-bond acceptors (Lipinski definition) is 2. The predicted molar refractivity (Wildman–Crippen MR) is 75.6 cm³/mol. The molecule has 0 saturated carbocycles. The molecular weight excluding hydrogens is 262 g/mol. The van der Waals surface area contributed by atoms with Gasteiger partial charge in [0.2, 0.25) is 0 Å². The van der Waals surface area contributed by atoms with Gasteiger partial charge in [0.05, 0.1) is 0 Å². The second-order valence-electron chi connectivity index (χ2n) is 5.65. The average Bonchev–Trinajstić information content (AvgIpc) is 2.28. The average molecular weight is 284 g/mol. The van der Waals surface area contributed by atoms with Gasteiger partial charge in [-0.1, -0.05) is 27.7 Å². The van der Waals surface area contributed by atoms with Crippen LogP contribution in [0.2, 0.25) is 0 Å². The topological polar surface area (TPSA) is 26.3 Å². The molecule has 0 amide bonds. The lowest BCUT2D eigenvalue weighted by molar-refractivity contribution is -0.116. The molecule has 0 unspecified atom stereocenters. The van der Waals surface area contributed by atoms with Crippen LogP contribution in [0.15, 0.2) is 12.1 Å². The fourth-order valence-electron chi connectivity index (χ4n) is 2.34. The normalized spacial score (nSPS) is 11.5. The van der Waals surface area contributed by atoms with Gasteiger partial charge in [-0.3, -0.25) is 4.79 Å². The number of hydrogen-bond donors (Lipinski definition) is 0. The Labute approximate surface area is 119 Å². The van der Waals surface area contributed by atoms with Crippen LogP contribution >= 0.6 is 0 Å². The van der Waals surface area contributed by atoms with Gasteiger partial charge in [-0.2, -0.15) is 8.78 Å². The van der Waals surface area contributed by atoms with Crippen molar-refractivity contribution in [2.45, 2.75) is 59.5 Å². The Kier molecular flexibility index (Phi) is 5.66. The molecule has 0 fully saturated rings. The predicted octanol–water partition coefficient (Wildman–Crippen LogP) is 4.67. The molecule has 4 heteroatoms. The van der Waals surface area contributed by atoms with Gasteiger partial charge in [-0.15, -0.1) is 0 Å². The van der Waals surface area contributed by atoms with Gasteiger partial charge in [-0.25, -0.2) is 0 Å². The molecule has 0 heterocycles. The van der Waals surface area contributed by atoms with E-state index in [-0.39, 0.29) is 23.4 Å². The number of benzene rings is 1. The number of Topliss-reactive ketones (excluding diaryl/α,β-unsaturated/α-hetero) is 1. The summed E-state index contributed by atoms with van der Waals surface area (Å²) in [5.41, 5.74) is 2.76. The van der Waals surface area contributed by atoms with Gasteiger partial charge < -0.3 is 4.74 Å². The molecule has 1 aromatic rings. The standard InChI is InChI=1S/C16H22F2O2/c1-9(2)13-7-12(20-16(17)18)8-14(10(3)4)15(13)6-11(5)19/h7-10,16H,6H2,1-5H3. The molecule has 2 nitrogen and oxygen atoms in total. The van der Waals surface area contributed by atoms with Crippen molar-refractivity contribution in [2.75, 3.05) is 0 Å². The van der Waals surface area contributed by atoms with Crippen LogP contribution in [0.3, 0.4) is 0 Å². The maximum absolute atomic E-state index is 12.4. The molecule has 0 N–H and O–H groups in total. The van der Waals surface area contributed by atoms with Gasteiger partial charge >= 0.3 is 6.61 Å². The van der Waals surface area contributed by atoms with Gasteiger partial charge in [0.15, 0.2) is 0 Å². The molecule has 20 heavy (non-hydrogen) atoms. The van der Waals surface area contributed by atoms with E-state index in [4.69, 9.17) is 0 Å². The molecule has 0 aromatic heterocycles. The molecule has 0 bridgehead atoms. The van der Waals surface area contributed by atoms with Crippen molar-refractivity contribution < 1.29 is 18.3 Å². The summed E-state index contributed by atoms with van der Waals surface area (Å²) in [5.74, 6) is 0.516. The van der Waals surface area contributed by atoms with Crippen molar-refractivity contribution >= 4 is 5.78 Å². The highest BCUT2D eigenvalue weighted by atomic mass is 19.3. The van der Waals surface area contributed by atoms with Crippen LogP contribution in [-0.4, -0.2) is 12.4 Å². The molecule has 0 saturated heterocycles. The molecule has 112 valence electrons. The number of carbonyl (C=O) groups is 1. The first kappa shape index (κ1) is 16.6. The molecule has 0 aliphatic carbocycles. The van der Waals surface area contributed by atoms with Crippen molar-refractivity contribution in [3.05, 3.63) is 28.8 Å². The lowest BCUT2D eigenvalue weighted by Gasteiger charge is -2.21. The Bertz CT molecular complexity index is 450. The Morgan fingerprint density at radius 2 is 1.55 bits per heavy atom. The van der Waals surface area contributed by atoms with E-state index in [0.717, 1.165) is 16.7 Å². The lowest BCUT2D eigenvalue weighted by atomic mass is 9.86. The molecule has 0 spiro atoms. The third kappa shape index (κ3) is 4.29. The molecule has 0 aliphatic heterocycles. The maximum Gasteiger partial charge on any atom is 0.387 e. The third-order valence-corrected chi connectivity index (χ3v) is 3.19. The van der Waals surface area contributed by atoms with Crippen LogP contribution in [0, 0.1) is 0 Å². The number of alkyl halides is 2. The number of ketones is 1. The first-order valence-electron chi connectivity index (χ1n) is 6.83. The second kappa shape index (κ2) is 6.82. The molecule has 1 aromatic carbocycles. The van der Waals surface area contributed by atoms with E-state index < -0.39 is 6.61 Å². The fraction of sp³-hybridized carbons (Fsp3) is 0.562. The number of carbonyl (C=O) groups excluding carboxylic acids is 1. The van der Waals surface area contributed by atoms with Crippen molar-refractivity contribution in [3.8, 4) is 5.75 Å². The minimum atomic E-state index is -2.84. The summed E-state index contributed by atoms with van der Waals surface area (Å²) >= 11 is 0. The number of halogens is 2.